The highest BCUT2D eigenvalue weighted by Crippen LogP contribution is 2.29. The highest BCUT2D eigenvalue weighted by molar-refractivity contribution is 7.86. The molecule has 1 rings (SSSR count). The van der Waals surface area contributed by atoms with E-state index in [0.29, 0.717) is 5.56 Å². The van der Waals surface area contributed by atoms with Gasteiger partial charge < -0.3 is 0 Å². The van der Waals surface area contributed by atoms with Gasteiger partial charge in [-0.25, -0.2) is 0 Å². The second kappa shape index (κ2) is 5.28. The minimum atomic E-state index is -4.64. The molecule has 0 radical (unpaired) electrons. The highest BCUT2D eigenvalue weighted by Gasteiger charge is 2.25. The Morgan fingerprint density at radius 3 is 2.31 bits per heavy atom. The lowest BCUT2D eigenvalue weighted by Gasteiger charge is -2.02. The van der Waals surface area contributed by atoms with Crippen molar-refractivity contribution in [2.45, 2.75) is 11.8 Å². The van der Waals surface area contributed by atoms with Gasteiger partial charge in [-0.3, -0.25) is 14.7 Å². The average molecular weight is 278 g/mol. The molecule has 0 atom stereocenters. The molecule has 0 spiro atoms. The van der Waals surface area contributed by atoms with Crippen LogP contribution in [0.3, 0.4) is 0 Å². The first-order valence-electron chi connectivity index (χ1n) is 3.65. The number of nitrogens with zero attached hydrogens (tertiary/aromatic N) is 1. The zero-order valence-electron chi connectivity index (χ0n) is 7.47. The summed E-state index contributed by atoms with van der Waals surface area (Å²) in [6, 6.07) is 1.84. The van der Waals surface area contributed by atoms with Crippen molar-refractivity contribution in [3.8, 4) is 0 Å². The van der Waals surface area contributed by atoms with E-state index in [1.807, 2.05) is 0 Å². The van der Waals surface area contributed by atoms with Crippen LogP contribution in [0.1, 0.15) is 5.56 Å². The molecule has 86 valence electrons. The SMILES string of the molecule is Cc1cc([N+](=O)[O-])c(S(=O)(=O)O)cc1Cl.[MgH2]. The van der Waals surface area contributed by atoms with Crippen LogP contribution in [-0.2, 0) is 10.1 Å². The van der Waals surface area contributed by atoms with Crippen molar-refractivity contribution in [1.82, 2.24) is 0 Å². The summed E-state index contributed by atoms with van der Waals surface area (Å²) < 4.78 is 30.4. The minimum Gasteiger partial charge on any atom is -0.282 e. The van der Waals surface area contributed by atoms with Gasteiger partial charge in [0.15, 0.2) is 4.90 Å². The monoisotopic (exact) mass is 277 g/mol. The lowest BCUT2D eigenvalue weighted by Crippen LogP contribution is -2.03. The molecule has 16 heavy (non-hydrogen) atoms. The quantitative estimate of drug-likeness (QED) is 0.375. The van der Waals surface area contributed by atoms with Crippen LogP contribution in [0.15, 0.2) is 17.0 Å². The van der Waals surface area contributed by atoms with E-state index in [2.05, 4.69) is 0 Å². The number of hydrogen-bond acceptors (Lipinski definition) is 4. The first kappa shape index (κ1) is 15.6. The van der Waals surface area contributed by atoms with Crippen LogP contribution in [0, 0.1) is 17.0 Å². The Hall–Kier alpha value is -0.414. The standard InChI is InChI=1S/C7H6ClNO5S.Mg.2H/c1-4-2-6(9(10)11)7(3-5(4)8)15(12,13)14;;;/h2-3H,1H3,(H,12,13,14);;;. The molecular weight excluding hydrogens is 270 g/mol. The first-order chi connectivity index (χ1) is 6.73. The van der Waals surface area contributed by atoms with Crippen LogP contribution in [0.25, 0.3) is 0 Å². The van der Waals surface area contributed by atoms with Gasteiger partial charge in [0.25, 0.3) is 5.69 Å². The molecular formula is C7H8ClMgNO5S. The van der Waals surface area contributed by atoms with Gasteiger partial charge in [0.1, 0.15) is 0 Å². The van der Waals surface area contributed by atoms with Gasteiger partial charge in [0.05, 0.1) is 4.92 Å². The van der Waals surface area contributed by atoms with Gasteiger partial charge in [-0.15, -0.1) is 0 Å². The molecule has 1 aromatic rings. The fourth-order valence-electron chi connectivity index (χ4n) is 0.997. The third-order valence-electron chi connectivity index (χ3n) is 1.71. The number of nitro groups is 1. The van der Waals surface area contributed by atoms with Crippen molar-refractivity contribution < 1.29 is 17.9 Å². The van der Waals surface area contributed by atoms with Gasteiger partial charge in [-0.1, -0.05) is 11.6 Å². The van der Waals surface area contributed by atoms with Crippen molar-refractivity contribution in [2.75, 3.05) is 0 Å². The van der Waals surface area contributed by atoms with Crippen molar-refractivity contribution >= 4 is 50.5 Å². The second-order valence-corrected chi connectivity index (χ2v) is 4.60. The van der Waals surface area contributed by atoms with E-state index in [-0.39, 0.29) is 28.1 Å². The number of rotatable bonds is 2. The maximum atomic E-state index is 10.8. The molecule has 0 saturated carbocycles. The van der Waals surface area contributed by atoms with Crippen molar-refractivity contribution in [3.05, 3.63) is 32.8 Å². The van der Waals surface area contributed by atoms with E-state index < -0.39 is 25.6 Å². The highest BCUT2D eigenvalue weighted by atomic mass is 35.5. The number of hydrogen-bond donors (Lipinski definition) is 1. The topological polar surface area (TPSA) is 97.5 Å². The van der Waals surface area contributed by atoms with Crippen molar-refractivity contribution in [3.63, 3.8) is 0 Å². The molecule has 0 fully saturated rings. The van der Waals surface area contributed by atoms with Gasteiger partial charge in [-0.05, 0) is 18.6 Å². The Labute approximate surface area is 113 Å². The Morgan fingerprint density at radius 2 is 1.94 bits per heavy atom. The van der Waals surface area contributed by atoms with E-state index >= 15 is 0 Å². The third kappa shape index (κ3) is 3.29. The molecule has 0 aliphatic rings. The summed E-state index contributed by atoms with van der Waals surface area (Å²) in [5, 5.41) is 10.6. The summed E-state index contributed by atoms with van der Waals surface area (Å²) in [5.74, 6) is 0. The third-order valence-corrected chi connectivity index (χ3v) is 3.00. The molecule has 0 unspecified atom stereocenters. The molecule has 0 aliphatic heterocycles. The Morgan fingerprint density at radius 1 is 1.44 bits per heavy atom. The molecule has 0 heterocycles. The second-order valence-electron chi connectivity index (χ2n) is 2.80. The van der Waals surface area contributed by atoms with Crippen LogP contribution in [-0.4, -0.2) is 40.9 Å². The summed E-state index contributed by atoms with van der Waals surface area (Å²) in [7, 11) is -4.64. The van der Waals surface area contributed by atoms with E-state index in [4.69, 9.17) is 16.2 Å². The largest absolute Gasteiger partial charge is 0.316 e. The zero-order chi connectivity index (χ0) is 11.8. The van der Waals surface area contributed by atoms with E-state index in [9.17, 15) is 18.5 Å². The van der Waals surface area contributed by atoms with Gasteiger partial charge in [0, 0.05) is 11.1 Å². The molecule has 1 N–H and O–H groups in total. The van der Waals surface area contributed by atoms with Gasteiger partial charge in [-0.2, -0.15) is 8.42 Å². The minimum absolute atomic E-state index is 0. The molecule has 6 nitrogen and oxygen atoms in total. The van der Waals surface area contributed by atoms with Crippen LogP contribution in [0.2, 0.25) is 5.02 Å². The Kier molecular flexibility index (Phi) is 5.14. The van der Waals surface area contributed by atoms with E-state index in [0.717, 1.165) is 12.1 Å². The predicted octanol–water partition coefficient (Wildman–Crippen LogP) is 0.887. The molecule has 0 bridgehead atoms. The van der Waals surface area contributed by atoms with Crippen molar-refractivity contribution in [2.24, 2.45) is 0 Å². The van der Waals surface area contributed by atoms with E-state index in [1.54, 1.807) is 0 Å². The van der Waals surface area contributed by atoms with E-state index in [1.165, 1.54) is 6.92 Å². The summed E-state index contributed by atoms with van der Waals surface area (Å²) in [6.07, 6.45) is 0. The average Bonchev–Trinajstić information content (AvgIpc) is 2.06. The van der Waals surface area contributed by atoms with Crippen molar-refractivity contribution in [1.29, 1.82) is 0 Å². The lowest BCUT2D eigenvalue weighted by atomic mass is 10.2. The summed E-state index contributed by atoms with van der Waals surface area (Å²) in [6.45, 7) is 1.49. The van der Waals surface area contributed by atoms with Crippen LogP contribution < -0.4 is 0 Å². The van der Waals surface area contributed by atoms with Gasteiger partial charge in [0.2, 0.25) is 0 Å². The number of nitro benzene ring substituents is 1. The normalized spacial score (nSPS) is 10.7. The maximum Gasteiger partial charge on any atom is 0.316 e. The summed E-state index contributed by atoms with van der Waals surface area (Å²) in [4.78, 5) is 8.82. The Balaban J connectivity index is 0.00000225. The molecule has 1 aromatic carbocycles. The zero-order valence-corrected chi connectivity index (χ0v) is 9.04. The molecule has 0 aliphatic carbocycles. The number of halogens is 1. The van der Waals surface area contributed by atoms with Gasteiger partial charge >= 0.3 is 33.2 Å². The lowest BCUT2D eigenvalue weighted by molar-refractivity contribution is -0.387. The molecule has 9 heteroatoms. The number of benzene rings is 1. The number of aryl methyl sites for hydroxylation is 1. The maximum absolute atomic E-state index is 10.8. The fourth-order valence-corrected chi connectivity index (χ4v) is 1.89. The van der Waals surface area contributed by atoms with Crippen LogP contribution in [0.5, 0.6) is 0 Å². The summed E-state index contributed by atoms with van der Waals surface area (Å²) >= 11 is 5.60. The molecule has 0 amide bonds. The molecule has 0 aromatic heterocycles. The molecule has 0 saturated heterocycles. The van der Waals surface area contributed by atoms with Crippen LogP contribution >= 0.6 is 11.6 Å². The smallest absolute Gasteiger partial charge is 0.282 e. The first-order valence-corrected chi connectivity index (χ1v) is 5.47. The Bertz CT molecular complexity index is 530. The predicted molar refractivity (Wildman–Crippen MR) is 61.2 cm³/mol. The summed E-state index contributed by atoms with van der Waals surface area (Å²) in [5.41, 5.74) is -0.338. The fraction of sp³-hybridized carbons (Fsp3) is 0.143. The van der Waals surface area contributed by atoms with Crippen LogP contribution in [0.4, 0.5) is 5.69 Å².